The minimum atomic E-state index is -1.20. The van der Waals surface area contributed by atoms with E-state index in [0.717, 1.165) is 24.8 Å². The van der Waals surface area contributed by atoms with Crippen LogP contribution < -0.4 is 21.3 Å². The molecule has 2 amide bonds. The van der Waals surface area contributed by atoms with Gasteiger partial charge in [0, 0.05) is 35.3 Å². The Hall–Kier alpha value is -2.19. The summed E-state index contributed by atoms with van der Waals surface area (Å²) in [7, 11) is 0. The Morgan fingerprint density at radius 1 is 1.09 bits per heavy atom. The molecular formula is C26H27Cl2FN4O2. The van der Waals surface area contributed by atoms with Gasteiger partial charge in [0.05, 0.1) is 17.1 Å². The lowest BCUT2D eigenvalue weighted by molar-refractivity contribution is -0.124. The van der Waals surface area contributed by atoms with Gasteiger partial charge in [0.1, 0.15) is 11.2 Å². The van der Waals surface area contributed by atoms with Crippen molar-refractivity contribution in [2.24, 2.45) is 0 Å². The van der Waals surface area contributed by atoms with Crippen LogP contribution in [-0.4, -0.2) is 42.5 Å². The van der Waals surface area contributed by atoms with Crippen molar-refractivity contribution in [3.63, 3.8) is 0 Å². The summed E-state index contributed by atoms with van der Waals surface area (Å²) in [5, 5.41) is 13.4. The summed E-state index contributed by atoms with van der Waals surface area (Å²) >= 11 is 12.5. The lowest BCUT2D eigenvalue weighted by atomic mass is 9.55. The number of carbonyl (C=O) groups is 2. The Labute approximate surface area is 213 Å². The van der Waals surface area contributed by atoms with E-state index < -0.39 is 28.7 Å². The molecule has 4 aliphatic rings. The lowest BCUT2D eigenvalue weighted by Crippen LogP contribution is -2.61. The molecule has 9 heteroatoms. The number of rotatable bonds is 3. The van der Waals surface area contributed by atoms with Gasteiger partial charge in [0.15, 0.2) is 0 Å². The van der Waals surface area contributed by atoms with Gasteiger partial charge in [0.25, 0.3) is 0 Å². The van der Waals surface area contributed by atoms with Crippen molar-refractivity contribution in [2.75, 3.05) is 18.4 Å². The first-order valence-corrected chi connectivity index (χ1v) is 13.0. The van der Waals surface area contributed by atoms with E-state index in [1.807, 2.05) is 6.07 Å². The average molecular weight is 517 g/mol. The molecule has 0 aromatic heterocycles. The van der Waals surface area contributed by atoms with E-state index in [4.69, 9.17) is 23.2 Å². The smallest absolute Gasteiger partial charge is 0.238 e. The third-order valence-electron chi connectivity index (χ3n) is 8.43. The van der Waals surface area contributed by atoms with Gasteiger partial charge in [-0.15, -0.1) is 0 Å². The Kier molecular flexibility index (Phi) is 5.60. The zero-order valence-electron chi connectivity index (χ0n) is 19.1. The number of amides is 2. The van der Waals surface area contributed by atoms with E-state index in [0.29, 0.717) is 36.6 Å². The Bertz CT molecular complexity index is 1210. The van der Waals surface area contributed by atoms with Gasteiger partial charge in [-0.2, -0.15) is 0 Å². The maximum atomic E-state index is 15.7. The minimum Gasteiger partial charge on any atom is -0.349 e. The summed E-state index contributed by atoms with van der Waals surface area (Å²) < 4.78 is 15.7. The summed E-state index contributed by atoms with van der Waals surface area (Å²) in [6.45, 7) is 1.37. The van der Waals surface area contributed by atoms with Crippen LogP contribution in [-0.2, 0) is 15.0 Å². The van der Waals surface area contributed by atoms with Crippen LogP contribution in [0.25, 0.3) is 0 Å². The molecule has 3 aliphatic heterocycles. The molecule has 2 saturated heterocycles. The van der Waals surface area contributed by atoms with Crippen LogP contribution in [0.2, 0.25) is 10.0 Å². The number of hydrogen-bond donors (Lipinski definition) is 4. The zero-order valence-corrected chi connectivity index (χ0v) is 20.6. The fraction of sp³-hybridized carbons (Fsp3) is 0.462. The third-order valence-corrected chi connectivity index (χ3v) is 8.96. The number of anilines is 1. The van der Waals surface area contributed by atoms with Crippen LogP contribution in [0.5, 0.6) is 0 Å². The Morgan fingerprint density at radius 2 is 1.86 bits per heavy atom. The van der Waals surface area contributed by atoms with Crippen molar-refractivity contribution in [1.29, 1.82) is 0 Å². The number of nitrogens with one attached hydrogen (secondary N) is 4. The Morgan fingerprint density at radius 3 is 2.57 bits per heavy atom. The van der Waals surface area contributed by atoms with Crippen molar-refractivity contribution in [1.82, 2.24) is 16.0 Å². The van der Waals surface area contributed by atoms with Gasteiger partial charge in [0.2, 0.25) is 11.8 Å². The average Bonchev–Trinajstić information content (AvgIpc) is 3.26. The molecule has 1 saturated carbocycles. The number of hydrogen-bond acceptors (Lipinski definition) is 4. The zero-order chi connectivity index (χ0) is 24.4. The number of carbonyl (C=O) groups excluding carboxylic acids is 2. The molecule has 0 unspecified atom stereocenters. The predicted octanol–water partition coefficient (Wildman–Crippen LogP) is 3.87. The minimum absolute atomic E-state index is 0.0107. The number of benzene rings is 2. The van der Waals surface area contributed by atoms with Crippen molar-refractivity contribution in [2.45, 2.75) is 61.1 Å². The van der Waals surface area contributed by atoms with Crippen LogP contribution in [0.1, 0.15) is 49.1 Å². The maximum absolute atomic E-state index is 15.7. The SMILES string of the molecule is O=C(NC1CNC1)[C@@H]1NC2(CCCCC2)[C@@]2(C(=O)Nc3cc(Cl)ccc32)[C@H]1c1cccc(Cl)c1F. The predicted molar refractivity (Wildman–Crippen MR) is 133 cm³/mol. The summed E-state index contributed by atoms with van der Waals surface area (Å²) in [5.74, 6) is -1.84. The molecule has 3 heterocycles. The molecule has 4 N–H and O–H groups in total. The first kappa shape index (κ1) is 23.2. The van der Waals surface area contributed by atoms with E-state index in [1.165, 1.54) is 6.07 Å². The molecule has 0 radical (unpaired) electrons. The van der Waals surface area contributed by atoms with Gasteiger partial charge in [-0.05, 0) is 42.2 Å². The van der Waals surface area contributed by atoms with Gasteiger partial charge in [-0.1, -0.05) is 60.7 Å². The molecule has 35 heavy (non-hydrogen) atoms. The van der Waals surface area contributed by atoms with E-state index in [-0.39, 0.29) is 28.4 Å². The van der Waals surface area contributed by atoms with Crippen LogP contribution in [0.3, 0.4) is 0 Å². The molecule has 2 aromatic carbocycles. The van der Waals surface area contributed by atoms with Gasteiger partial charge < -0.3 is 16.0 Å². The number of fused-ring (bicyclic) bond motifs is 3. The molecule has 1 aliphatic carbocycles. The quantitative estimate of drug-likeness (QED) is 0.499. The van der Waals surface area contributed by atoms with Crippen LogP contribution >= 0.6 is 23.2 Å². The maximum Gasteiger partial charge on any atom is 0.238 e. The first-order valence-electron chi connectivity index (χ1n) is 12.2. The van der Waals surface area contributed by atoms with E-state index in [9.17, 15) is 9.59 Å². The standard InChI is InChI=1S/C26H27Cl2FN4O2/c27-14-7-8-17-19(11-14)32-24(35)26(17)20(16-5-4-6-18(28)21(16)29)22(23(34)31-15-12-30-13-15)33-25(26)9-2-1-3-10-25/h4-8,11,15,20,22,30,33H,1-3,9-10,12-13H2,(H,31,34)(H,32,35)/t20-,22+,26+/m0/s1. The normalized spacial score (nSPS) is 29.2. The van der Waals surface area contributed by atoms with Crippen LogP contribution in [0, 0.1) is 5.82 Å². The molecule has 2 aromatic rings. The second kappa shape index (κ2) is 8.44. The van der Waals surface area contributed by atoms with E-state index in [2.05, 4.69) is 21.3 Å². The van der Waals surface area contributed by atoms with Crippen molar-refractivity contribution in [3.8, 4) is 0 Å². The van der Waals surface area contributed by atoms with Crippen molar-refractivity contribution < 1.29 is 14.0 Å². The summed E-state index contributed by atoms with van der Waals surface area (Å²) in [6, 6.07) is 9.38. The molecule has 2 spiro atoms. The highest BCUT2D eigenvalue weighted by Gasteiger charge is 2.72. The fourth-order valence-electron chi connectivity index (χ4n) is 6.90. The van der Waals surface area contributed by atoms with Crippen LogP contribution in [0.4, 0.5) is 10.1 Å². The largest absolute Gasteiger partial charge is 0.349 e. The van der Waals surface area contributed by atoms with Gasteiger partial charge in [-0.3, -0.25) is 14.9 Å². The molecular weight excluding hydrogens is 490 g/mol. The molecule has 6 rings (SSSR count). The van der Waals surface area contributed by atoms with Crippen LogP contribution in [0.15, 0.2) is 36.4 Å². The Balaban J connectivity index is 1.60. The number of halogens is 3. The first-order chi connectivity index (χ1) is 16.9. The third kappa shape index (κ3) is 3.28. The lowest BCUT2D eigenvalue weighted by Gasteiger charge is -2.47. The molecule has 3 atom stereocenters. The van der Waals surface area contributed by atoms with Crippen molar-refractivity contribution >= 4 is 40.7 Å². The summed E-state index contributed by atoms with van der Waals surface area (Å²) in [4.78, 5) is 27.9. The molecule has 0 bridgehead atoms. The van der Waals surface area contributed by atoms with Gasteiger partial charge in [-0.25, -0.2) is 4.39 Å². The summed E-state index contributed by atoms with van der Waals surface area (Å²) in [6.07, 6.45) is 4.29. The topological polar surface area (TPSA) is 82.3 Å². The summed E-state index contributed by atoms with van der Waals surface area (Å²) in [5.41, 5.74) is -0.263. The van der Waals surface area contributed by atoms with E-state index >= 15 is 4.39 Å². The highest BCUT2D eigenvalue weighted by Crippen LogP contribution is 2.62. The molecule has 6 nitrogen and oxygen atoms in total. The van der Waals surface area contributed by atoms with E-state index in [1.54, 1.807) is 24.3 Å². The molecule has 3 fully saturated rings. The second-order valence-electron chi connectivity index (χ2n) is 10.2. The highest BCUT2D eigenvalue weighted by atomic mass is 35.5. The molecule has 184 valence electrons. The van der Waals surface area contributed by atoms with Gasteiger partial charge >= 0.3 is 0 Å². The second-order valence-corrected chi connectivity index (χ2v) is 11.0. The fourth-order valence-corrected chi connectivity index (χ4v) is 7.25. The van der Waals surface area contributed by atoms with Crippen molar-refractivity contribution in [3.05, 3.63) is 63.4 Å². The monoisotopic (exact) mass is 516 g/mol. The highest BCUT2D eigenvalue weighted by molar-refractivity contribution is 6.31.